The molecule has 2 aromatic rings. The molecule has 2 aliphatic carbocycles. The van der Waals surface area contributed by atoms with E-state index >= 15 is 0 Å². The highest BCUT2D eigenvalue weighted by Gasteiger charge is 2.76. The standard InChI is InChI=1S/C29H25BrCl2N2O6/c1-40-21-11-16(35)7-8-18(21)23-17-9-10-19-22(25(37)33(24(19)36)13-15-5-3-2-4-6-15)20(17)12-28(31)26(38)34(14-30)27(39)29(23,28)32/h2-9,11,19-20,22-23,35H,10,12-14H2,1H3/t19-,20+,22-,23+,28+,29-/m0/s1. The molecule has 208 valence electrons. The van der Waals surface area contributed by atoms with E-state index in [0.29, 0.717) is 11.1 Å². The molecule has 2 aliphatic heterocycles. The molecule has 0 radical (unpaired) electrons. The van der Waals surface area contributed by atoms with Crippen LogP contribution in [0.5, 0.6) is 11.5 Å². The maximum Gasteiger partial charge on any atom is 0.254 e. The lowest BCUT2D eigenvalue weighted by Crippen LogP contribution is -2.60. The summed E-state index contributed by atoms with van der Waals surface area (Å²) in [4.78, 5) is 53.5. The van der Waals surface area contributed by atoms with Crippen LogP contribution in [-0.4, -0.2) is 60.8 Å². The Kier molecular flexibility index (Phi) is 6.55. The molecule has 1 N–H and O–H groups in total. The summed E-state index contributed by atoms with van der Waals surface area (Å²) in [6.07, 6.45) is 2.05. The first kappa shape index (κ1) is 27.3. The van der Waals surface area contributed by atoms with E-state index in [0.717, 1.165) is 10.5 Å². The van der Waals surface area contributed by atoms with Gasteiger partial charge >= 0.3 is 0 Å². The van der Waals surface area contributed by atoms with Gasteiger partial charge in [-0.05, 0) is 30.4 Å². The van der Waals surface area contributed by atoms with Gasteiger partial charge in [0, 0.05) is 17.5 Å². The van der Waals surface area contributed by atoms with Gasteiger partial charge in [-0.25, -0.2) is 0 Å². The van der Waals surface area contributed by atoms with Crippen LogP contribution in [0.2, 0.25) is 0 Å². The zero-order valence-electron chi connectivity index (χ0n) is 21.4. The van der Waals surface area contributed by atoms with E-state index in [9.17, 15) is 24.3 Å². The van der Waals surface area contributed by atoms with Gasteiger partial charge in [-0.15, -0.1) is 23.2 Å². The zero-order valence-corrected chi connectivity index (χ0v) is 24.4. The minimum atomic E-state index is -1.94. The van der Waals surface area contributed by atoms with Crippen molar-refractivity contribution in [2.75, 3.05) is 12.6 Å². The number of phenolic OH excluding ortho intramolecular Hbond substituents is 1. The van der Waals surface area contributed by atoms with Crippen LogP contribution in [0, 0.1) is 17.8 Å². The number of allylic oxidation sites excluding steroid dienone is 2. The molecule has 1 saturated carbocycles. The first-order valence-corrected chi connectivity index (χ1v) is 14.7. The fourth-order valence-corrected chi connectivity index (χ4v) is 8.44. The van der Waals surface area contributed by atoms with Gasteiger partial charge in [-0.2, -0.15) is 0 Å². The van der Waals surface area contributed by atoms with Crippen molar-refractivity contribution in [3.05, 3.63) is 71.3 Å². The van der Waals surface area contributed by atoms with Crippen molar-refractivity contribution in [3.8, 4) is 11.5 Å². The average molecular weight is 648 g/mol. The van der Waals surface area contributed by atoms with Crippen LogP contribution in [0.15, 0.2) is 60.2 Å². The molecular formula is C29H25BrCl2N2O6. The number of amides is 4. The van der Waals surface area contributed by atoms with Gasteiger partial charge in [0.05, 0.1) is 30.9 Å². The molecule has 0 aromatic heterocycles. The molecule has 4 aliphatic rings. The first-order chi connectivity index (χ1) is 19.1. The quantitative estimate of drug-likeness (QED) is 0.225. The van der Waals surface area contributed by atoms with E-state index in [-0.39, 0.29) is 48.2 Å². The summed E-state index contributed by atoms with van der Waals surface area (Å²) >= 11 is 17.7. The van der Waals surface area contributed by atoms with Crippen molar-refractivity contribution < 1.29 is 29.0 Å². The fraction of sp³-hybridized carbons (Fsp3) is 0.379. The Bertz CT molecular complexity index is 1480. The molecule has 6 atom stereocenters. The lowest BCUT2D eigenvalue weighted by Gasteiger charge is -2.51. The van der Waals surface area contributed by atoms with Crippen LogP contribution in [0.3, 0.4) is 0 Å². The van der Waals surface area contributed by atoms with Gasteiger partial charge in [0.15, 0.2) is 9.75 Å². The number of alkyl halides is 3. The Hall–Kier alpha value is -2.88. The largest absolute Gasteiger partial charge is 0.508 e. The molecule has 11 heteroatoms. The average Bonchev–Trinajstić information content (AvgIpc) is 3.27. The van der Waals surface area contributed by atoms with Gasteiger partial charge < -0.3 is 9.84 Å². The predicted octanol–water partition coefficient (Wildman–Crippen LogP) is 4.31. The number of benzene rings is 2. The lowest BCUT2D eigenvalue weighted by molar-refractivity contribution is -0.141. The Morgan fingerprint density at radius 3 is 2.40 bits per heavy atom. The highest BCUT2D eigenvalue weighted by Crippen LogP contribution is 2.66. The predicted molar refractivity (Wildman–Crippen MR) is 150 cm³/mol. The van der Waals surface area contributed by atoms with Crippen LogP contribution >= 0.6 is 39.1 Å². The van der Waals surface area contributed by atoms with Crippen LogP contribution in [0.4, 0.5) is 0 Å². The van der Waals surface area contributed by atoms with Gasteiger partial charge in [-0.1, -0.05) is 64.0 Å². The van der Waals surface area contributed by atoms with Crippen molar-refractivity contribution in [1.29, 1.82) is 0 Å². The summed E-state index contributed by atoms with van der Waals surface area (Å²) in [6.45, 7) is 0.142. The van der Waals surface area contributed by atoms with Crippen molar-refractivity contribution in [2.45, 2.75) is 35.1 Å². The third-order valence-corrected chi connectivity index (χ3v) is 10.7. The summed E-state index contributed by atoms with van der Waals surface area (Å²) in [6, 6.07) is 13.7. The van der Waals surface area contributed by atoms with Crippen molar-refractivity contribution in [2.24, 2.45) is 17.8 Å². The van der Waals surface area contributed by atoms with Gasteiger partial charge in [-0.3, -0.25) is 29.0 Å². The van der Waals surface area contributed by atoms with E-state index in [2.05, 4.69) is 15.9 Å². The summed E-state index contributed by atoms with van der Waals surface area (Å²) < 4.78 is 5.57. The molecule has 6 rings (SSSR count). The normalized spacial score (nSPS) is 33.0. The fourth-order valence-electron chi connectivity index (χ4n) is 7.02. The first-order valence-electron chi connectivity index (χ1n) is 12.8. The SMILES string of the molecule is COc1cc(O)ccc1[C@H]1C2=CC[C@@H]3C(=O)N(Cc4ccccc4)C(=O)[C@@H]3[C@@H]2C[C@@]2(Cl)C(=O)N(CBr)C(=O)[C@@]12Cl. The summed E-state index contributed by atoms with van der Waals surface area (Å²) in [5, 5.41) is 10.1. The second-order valence-corrected chi connectivity index (χ2v) is 12.4. The number of likely N-dealkylation sites (tertiary alicyclic amines) is 2. The Balaban J connectivity index is 1.50. The Morgan fingerprint density at radius 1 is 1.00 bits per heavy atom. The number of hydrogen-bond donors (Lipinski definition) is 1. The number of phenols is 1. The second-order valence-electron chi connectivity index (χ2n) is 10.7. The number of ether oxygens (including phenoxy) is 1. The maximum atomic E-state index is 13.9. The van der Waals surface area contributed by atoms with Gasteiger partial charge in [0.1, 0.15) is 11.5 Å². The number of carbonyl (C=O) groups excluding carboxylic acids is 4. The molecule has 0 bridgehead atoms. The minimum absolute atomic E-state index is 0.0598. The maximum absolute atomic E-state index is 13.9. The van der Waals surface area contributed by atoms with Gasteiger partial charge in [0.2, 0.25) is 11.8 Å². The van der Waals surface area contributed by atoms with E-state index in [4.69, 9.17) is 27.9 Å². The summed E-state index contributed by atoms with van der Waals surface area (Å²) in [5.74, 6) is -4.70. The monoisotopic (exact) mass is 646 g/mol. The molecular weight excluding hydrogens is 623 g/mol. The van der Waals surface area contributed by atoms with Crippen molar-refractivity contribution >= 4 is 62.8 Å². The number of methoxy groups -OCH3 is 1. The number of rotatable bonds is 5. The minimum Gasteiger partial charge on any atom is -0.508 e. The Morgan fingerprint density at radius 2 is 1.73 bits per heavy atom. The molecule has 0 spiro atoms. The third-order valence-electron chi connectivity index (χ3n) is 8.82. The van der Waals surface area contributed by atoms with Crippen LogP contribution in [-0.2, 0) is 25.7 Å². The smallest absolute Gasteiger partial charge is 0.254 e. The number of fused-ring (bicyclic) bond motifs is 4. The summed E-state index contributed by atoms with van der Waals surface area (Å²) in [7, 11) is 1.42. The van der Waals surface area contributed by atoms with E-state index in [1.807, 2.05) is 36.4 Å². The molecule has 40 heavy (non-hydrogen) atoms. The molecule has 4 amide bonds. The molecule has 2 saturated heterocycles. The van der Waals surface area contributed by atoms with E-state index < -0.39 is 45.2 Å². The molecule has 2 aromatic carbocycles. The van der Waals surface area contributed by atoms with E-state index in [1.54, 1.807) is 6.07 Å². The number of halogens is 3. The van der Waals surface area contributed by atoms with Gasteiger partial charge in [0.25, 0.3) is 11.8 Å². The highest BCUT2D eigenvalue weighted by atomic mass is 79.9. The van der Waals surface area contributed by atoms with Crippen molar-refractivity contribution in [1.82, 2.24) is 9.80 Å². The number of nitrogens with zero attached hydrogens (tertiary/aromatic N) is 2. The lowest BCUT2D eigenvalue weighted by atomic mass is 9.56. The molecule has 2 heterocycles. The number of imide groups is 2. The third kappa shape index (κ3) is 3.56. The highest BCUT2D eigenvalue weighted by molar-refractivity contribution is 9.09. The van der Waals surface area contributed by atoms with Crippen LogP contribution in [0.1, 0.15) is 29.9 Å². The van der Waals surface area contributed by atoms with Crippen molar-refractivity contribution in [3.63, 3.8) is 0 Å². The Labute approximate surface area is 249 Å². The van der Waals surface area contributed by atoms with Crippen LogP contribution in [0.25, 0.3) is 0 Å². The summed E-state index contributed by atoms with van der Waals surface area (Å²) in [5.41, 5.74) is 1.83. The van der Waals surface area contributed by atoms with E-state index in [1.165, 1.54) is 24.1 Å². The topological polar surface area (TPSA) is 104 Å². The molecule has 3 fully saturated rings. The number of hydrogen-bond acceptors (Lipinski definition) is 6. The zero-order chi connectivity index (χ0) is 28.6. The number of carbonyl (C=O) groups is 4. The van der Waals surface area contributed by atoms with Crippen LogP contribution < -0.4 is 4.74 Å². The second kappa shape index (κ2) is 9.60. The molecule has 8 nitrogen and oxygen atoms in total. The molecule has 0 unspecified atom stereocenters. The number of aromatic hydroxyl groups is 1.